The zero-order valence-corrected chi connectivity index (χ0v) is 12.8. The topological polar surface area (TPSA) is 80.4 Å². The summed E-state index contributed by atoms with van der Waals surface area (Å²) in [6.45, 7) is 2.44. The van der Waals surface area contributed by atoms with Crippen LogP contribution in [0.15, 0.2) is 11.2 Å². The smallest absolute Gasteiger partial charge is 0.259 e. The van der Waals surface area contributed by atoms with Gasteiger partial charge in [0.05, 0.1) is 18.1 Å². The molecule has 0 aliphatic rings. The molecule has 108 valence electrons. The lowest BCUT2D eigenvalue weighted by molar-refractivity contribution is -0.463. The summed E-state index contributed by atoms with van der Waals surface area (Å²) in [6.07, 6.45) is 6.98. The molecule has 0 atom stereocenters. The van der Waals surface area contributed by atoms with Crippen LogP contribution >= 0.6 is 23.1 Å². The van der Waals surface area contributed by atoms with Gasteiger partial charge < -0.3 is 5.32 Å². The Hall–Kier alpha value is -1.59. The van der Waals surface area contributed by atoms with Crippen molar-refractivity contribution < 1.29 is 4.92 Å². The Labute approximate surface area is 126 Å². The Morgan fingerprint density at radius 3 is 3.15 bits per heavy atom. The quantitative estimate of drug-likeness (QED) is 0.197. The summed E-state index contributed by atoms with van der Waals surface area (Å²) >= 11 is 3.41. The summed E-state index contributed by atoms with van der Waals surface area (Å²) in [5, 5.41) is 14.3. The number of nitro groups is 1. The van der Waals surface area contributed by atoms with E-state index in [0.29, 0.717) is 12.4 Å². The van der Waals surface area contributed by atoms with E-state index in [1.54, 1.807) is 23.1 Å². The van der Waals surface area contributed by atoms with Gasteiger partial charge in [-0.25, -0.2) is 4.98 Å². The summed E-state index contributed by atoms with van der Waals surface area (Å²) in [5.74, 6) is 4.40. The molecule has 0 aliphatic heterocycles. The highest BCUT2D eigenvalue weighted by Gasteiger charge is 2.05. The molecular formula is C12H16N4O2S2. The molecule has 1 aromatic rings. The van der Waals surface area contributed by atoms with Crippen molar-refractivity contribution in [3.05, 3.63) is 26.2 Å². The van der Waals surface area contributed by atoms with Gasteiger partial charge in [-0.1, -0.05) is 5.92 Å². The number of aryl methyl sites for hydroxylation is 1. The Morgan fingerprint density at radius 1 is 1.75 bits per heavy atom. The molecule has 8 heteroatoms. The number of amidine groups is 1. The number of rotatable bonds is 8. The number of thioether (sulfide) groups is 1. The minimum absolute atomic E-state index is 0.250. The number of aromatic nitrogens is 1. The maximum Gasteiger partial charge on any atom is 0.259 e. The highest BCUT2D eigenvalue weighted by Crippen LogP contribution is 2.18. The molecule has 0 unspecified atom stereocenters. The molecule has 0 radical (unpaired) electrons. The van der Waals surface area contributed by atoms with E-state index in [9.17, 15) is 10.1 Å². The largest absolute Gasteiger partial charge is 0.357 e. The molecule has 1 aromatic heterocycles. The van der Waals surface area contributed by atoms with Crippen molar-refractivity contribution in [2.24, 2.45) is 4.99 Å². The van der Waals surface area contributed by atoms with Gasteiger partial charge in [0.25, 0.3) is 6.54 Å². The maximum absolute atomic E-state index is 10.5. The van der Waals surface area contributed by atoms with E-state index in [1.165, 1.54) is 4.88 Å². The summed E-state index contributed by atoms with van der Waals surface area (Å²) in [4.78, 5) is 19.6. The predicted octanol–water partition coefficient (Wildman–Crippen LogP) is 1.58. The molecule has 0 aliphatic carbocycles. The minimum atomic E-state index is -0.421. The zero-order chi connectivity index (χ0) is 14.8. The fourth-order valence-electron chi connectivity index (χ4n) is 1.33. The van der Waals surface area contributed by atoms with Crippen molar-refractivity contribution in [3.63, 3.8) is 0 Å². The average molecular weight is 312 g/mol. The van der Waals surface area contributed by atoms with Crippen LogP contribution in [-0.2, 0) is 5.75 Å². The molecule has 0 amide bonds. The SMILES string of the molecule is C#CCNC(C[N+](=O)[O-])=NCCSCc1cnc(C)s1. The molecule has 0 aromatic carbocycles. The van der Waals surface area contributed by atoms with Gasteiger partial charge in [-0.3, -0.25) is 15.1 Å². The first kappa shape index (κ1) is 16.5. The predicted molar refractivity (Wildman–Crippen MR) is 84.0 cm³/mol. The third-order valence-corrected chi connectivity index (χ3v) is 4.21. The molecular weight excluding hydrogens is 296 g/mol. The number of nitrogens with one attached hydrogen (secondary N) is 1. The maximum atomic E-state index is 10.5. The molecule has 1 heterocycles. The first-order chi connectivity index (χ1) is 9.61. The second-order valence-corrected chi connectivity index (χ2v) is 6.20. The van der Waals surface area contributed by atoms with E-state index < -0.39 is 4.92 Å². The van der Waals surface area contributed by atoms with Crippen LogP contribution in [0.4, 0.5) is 0 Å². The average Bonchev–Trinajstić information content (AvgIpc) is 2.80. The van der Waals surface area contributed by atoms with E-state index in [4.69, 9.17) is 6.42 Å². The van der Waals surface area contributed by atoms with E-state index in [1.807, 2.05) is 13.1 Å². The van der Waals surface area contributed by atoms with Gasteiger partial charge in [-0.15, -0.1) is 17.8 Å². The highest BCUT2D eigenvalue weighted by atomic mass is 32.2. The van der Waals surface area contributed by atoms with Gasteiger partial charge in [0.15, 0.2) is 5.84 Å². The fourth-order valence-corrected chi connectivity index (χ4v) is 3.04. The Balaban J connectivity index is 2.28. The lowest BCUT2D eigenvalue weighted by Crippen LogP contribution is -2.31. The number of nitrogens with zero attached hydrogens (tertiary/aromatic N) is 3. The molecule has 0 bridgehead atoms. The standard InChI is InChI=1S/C12H16N4O2S2/c1-3-4-13-12(8-16(17)18)14-5-6-19-9-11-7-15-10(2)20-11/h1,7H,4-6,8-9H2,2H3,(H,13,14). The molecule has 0 fully saturated rings. The number of hydrogen-bond acceptors (Lipinski definition) is 6. The lowest BCUT2D eigenvalue weighted by Gasteiger charge is -2.03. The van der Waals surface area contributed by atoms with Crippen LogP contribution < -0.4 is 5.32 Å². The van der Waals surface area contributed by atoms with Gasteiger partial charge in [0.1, 0.15) is 0 Å². The van der Waals surface area contributed by atoms with Gasteiger partial charge in [-0.05, 0) is 6.92 Å². The third-order valence-electron chi connectivity index (χ3n) is 2.13. The van der Waals surface area contributed by atoms with Crippen molar-refractivity contribution in [3.8, 4) is 12.3 Å². The molecule has 0 saturated carbocycles. The van der Waals surface area contributed by atoms with Gasteiger partial charge in [0, 0.05) is 27.5 Å². The molecule has 1 N–H and O–H groups in total. The molecule has 20 heavy (non-hydrogen) atoms. The summed E-state index contributed by atoms with van der Waals surface area (Å²) in [6, 6.07) is 0. The third kappa shape index (κ3) is 7.11. The van der Waals surface area contributed by atoms with E-state index in [0.717, 1.165) is 16.5 Å². The lowest BCUT2D eigenvalue weighted by atomic mass is 10.5. The summed E-state index contributed by atoms with van der Waals surface area (Å²) < 4.78 is 0. The minimum Gasteiger partial charge on any atom is -0.357 e. The van der Waals surface area contributed by atoms with E-state index >= 15 is 0 Å². The Bertz CT molecular complexity index is 508. The van der Waals surface area contributed by atoms with Crippen LogP contribution in [0.25, 0.3) is 0 Å². The van der Waals surface area contributed by atoms with Crippen LogP contribution in [-0.4, -0.2) is 41.1 Å². The van der Waals surface area contributed by atoms with E-state index in [-0.39, 0.29) is 13.1 Å². The summed E-state index contributed by atoms with van der Waals surface area (Å²) in [5.41, 5.74) is 0. The van der Waals surface area contributed by atoms with Crippen molar-refractivity contribution >= 4 is 28.9 Å². The first-order valence-corrected chi connectivity index (χ1v) is 7.90. The van der Waals surface area contributed by atoms with Crippen LogP contribution in [0.3, 0.4) is 0 Å². The van der Waals surface area contributed by atoms with E-state index in [2.05, 4.69) is 21.2 Å². The monoisotopic (exact) mass is 312 g/mol. The Morgan fingerprint density at radius 2 is 2.55 bits per heavy atom. The normalized spacial score (nSPS) is 11.1. The van der Waals surface area contributed by atoms with Gasteiger partial charge in [0.2, 0.25) is 0 Å². The van der Waals surface area contributed by atoms with Crippen LogP contribution in [0.5, 0.6) is 0 Å². The molecule has 0 saturated heterocycles. The van der Waals surface area contributed by atoms with Gasteiger partial charge in [-0.2, -0.15) is 11.8 Å². The van der Waals surface area contributed by atoms with Crippen LogP contribution in [0.1, 0.15) is 9.88 Å². The second-order valence-electron chi connectivity index (χ2n) is 3.78. The molecule has 1 rings (SSSR count). The van der Waals surface area contributed by atoms with Crippen molar-refractivity contribution in [1.29, 1.82) is 0 Å². The summed E-state index contributed by atoms with van der Waals surface area (Å²) in [7, 11) is 0. The fraction of sp³-hybridized carbons (Fsp3) is 0.500. The van der Waals surface area contributed by atoms with Crippen molar-refractivity contribution in [2.45, 2.75) is 12.7 Å². The Kier molecular flexibility index (Phi) is 7.69. The van der Waals surface area contributed by atoms with Crippen molar-refractivity contribution in [1.82, 2.24) is 10.3 Å². The second kappa shape index (κ2) is 9.34. The highest BCUT2D eigenvalue weighted by molar-refractivity contribution is 7.98. The van der Waals surface area contributed by atoms with Crippen LogP contribution in [0, 0.1) is 29.4 Å². The zero-order valence-electron chi connectivity index (χ0n) is 11.2. The van der Waals surface area contributed by atoms with Crippen LogP contribution in [0.2, 0.25) is 0 Å². The number of aliphatic imine (C=N–C) groups is 1. The molecule has 6 nitrogen and oxygen atoms in total. The number of hydrogen-bond donors (Lipinski definition) is 1. The number of terminal acetylenes is 1. The molecule has 0 spiro atoms. The number of thiazole rings is 1. The van der Waals surface area contributed by atoms with Crippen molar-refractivity contribution in [2.75, 3.05) is 25.4 Å². The first-order valence-electron chi connectivity index (χ1n) is 5.93. The van der Waals surface area contributed by atoms with Gasteiger partial charge >= 0.3 is 0 Å².